The van der Waals surface area contributed by atoms with Crippen LogP contribution < -0.4 is 5.32 Å². The van der Waals surface area contributed by atoms with E-state index < -0.39 is 0 Å². The molecule has 0 saturated heterocycles. The zero-order chi connectivity index (χ0) is 11.2. The van der Waals surface area contributed by atoms with Crippen molar-refractivity contribution in [2.75, 3.05) is 0 Å². The van der Waals surface area contributed by atoms with E-state index in [9.17, 15) is 0 Å². The van der Waals surface area contributed by atoms with Crippen molar-refractivity contribution < 1.29 is 0 Å². The molecule has 78 valence electrons. The molecule has 0 aliphatic carbocycles. The van der Waals surface area contributed by atoms with Crippen molar-refractivity contribution >= 4 is 0 Å². The number of hydrogen-bond acceptors (Lipinski definition) is 1. The van der Waals surface area contributed by atoms with Crippen LogP contribution in [-0.4, -0.2) is 6.04 Å². The summed E-state index contributed by atoms with van der Waals surface area (Å²) in [7, 11) is 0. The fourth-order valence-electron chi connectivity index (χ4n) is 0.813. The molecule has 0 bridgehead atoms. The van der Waals surface area contributed by atoms with Crippen LogP contribution in [-0.2, 0) is 0 Å². The van der Waals surface area contributed by atoms with E-state index in [4.69, 9.17) is 6.42 Å². The van der Waals surface area contributed by atoms with Crippen LogP contribution in [0.4, 0.5) is 0 Å². The lowest BCUT2D eigenvalue weighted by Crippen LogP contribution is -2.21. The van der Waals surface area contributed by atoms with E-state index in [-0.39, 0.29) is 11.5 Å². The highest BCUT2D eigenvalue weighted by Crippen LogP contribution is 2.22. The summed E-state index contributed by atoms with van der Waals surface area (Å²) in [4.78, 5) is 0. The average molecular weight is 191 g/mol. The van der Waals surface area contributed by atoms with Crippen LogP contribution in [0.3, 0.4) is 0 Å². The van der Waals surface area contributed by atoms with Gasteiger partial charge in [-0.2, -0.15) is 0 Å². The zero-order valence-electron chi connectivity index (χ0n) is 9.72. The molecule has 14 heavy (non-hydrogen) atoms. The van der Waals surface area contributed by atoms with Gasteiger partial charge in [0.1, 0.15) is 0 Å². The van der Waals surface area contributed by atoms with Gasteiger partial charge in [0.25, 0.3) is 0 Å². The van der Waals surface area contributed by atoms with Crippen LogP contribution in [0.15, 0.2) is 24.3 Å². The summed E-state index contributed by atoms with van der Waals surface area (Å²) in [5.74, 6) is 0. The molecule has 0 aromatic rings. The Morgan fingerprint density at radius 2 is 2.21 bits per heavy atom. The van der Waals surface area contributed by atoms with Crippen molar-refractivity contribution in [2.45, 2.75) is 40.2 Å². The van der Waals surface area contributed by atoms with Crippen LogP contribution in [0.5, 0.6) is 0 Å². The molecular formula is C13H21N. The molecule has 0 heterocycles. The van der Waals surface area contributed by atoms with Gasteiger partial charge < -0.3 is 5.32 Å². The van der Waals surface area contributed by atoms with E-state index >= 15 is 0 Å². The Balaban J connectivity index is 4.26. The summed E-state index contributed by atoms with van der Waals surface area (Å²) in [6, 6.07) is 2.56. The minimum atomic E-state index is 0.143. The predicted octanol–water partition coefficient (Wildman–Crippen LogP) is 3.10. The molecule has 0 spiro atoms. The molecule has 0 rings (SSSR count). The summed E-state index contributed by atoms with van der Waals surface area (Å²) in [5.41, 5.74) is 1.25. The second-order valence-corrected chi connectivity index (χ2v) is 4.26. The summed E-state index contributed by atoms with van der Waals surface area (Å²) in [6.07, 6.45) is 10.5. The Labute approximate surface area is 88.3 Å². The van der Waals surface area contributed by atoms with Gasteiger partial charge in [-0.3, -0.25) is 0 Å². The average Bonchev–Trinajstić information content (AvgIpc) is 2.15. The van der Waals surface area contributed by atoms with Crippen LogP contribution >= 0.6 is 0 Å². The SMILES string of the molecule is C#CNC(C)C(=C)/C=C/C(C)(C)CC. The Bertz CT molecular complexity index is 253. The van der Waals surface area contributed by atoms with E-state index in [2.05, 4.69) is 50.9 Å². The van der Waals surface area contributed by atoms with Crippen molar-refractivity contribution in [3.8, 4) is 12.5 Å². The maximum Gasteiger partial charge on any atom is 0.0555 e. The van der Waals surface area contributed by atoms with Crippen LogP contribution in [0.1, 0.15) is 34.1 Å². The van der Waals surface area contributed by atoms with Gasteiger partial charge in [0.05, 0.1) is 6.04 Å². The summed E-state index contributed by atoms with van der Waals surface area (Å²) in [5, 5.41) is 2.88. The molecule has 0 saturated carbocycles. The minimum Gasteiger partial charge on any atom is -0.339 e. The van der Waals surface area contributed by atoms with Crippen molar-refractivity contribution in [1.82, 2.24) is 5.32 Å². The molecule has 0 aromatic heterocycles. The van der Waals surface area contributed by atoms with Crippen LogP contribution in [0, 0.1) is 17.9 Å². The monoisotopic (exact) mass is 191 g/mol. The third-order valence-electron chi connectivity index (χ3n) is 2.52. The zero-order valence-corrected chi connectivity index (χ0v) is 9.72. The van der Waals surface area contributed by atoms with E-state index in [0.717, 1.165) is 12.0 Å². The van der Waals surface area contributed by atoms with Gasteiger partial charge in [0.2, 0.25) is 0 Å². The topological polar surface area (TPSA) is 12.0 Å². The van der Waals surface area contributed by atoms with Gasteiger partial charge in [-0.1, -0.05) is 45.9 Å². The fourth-order valence-corrected chi connectivity index (χ4v) is 0.813. The van der Waals surface area contributed by atoms with Gasteiger partial charge in [-0.25, -0.2) is 0 Å². The van der Waals surface area contributed by atoms with Crippen LogP contribution in [0.25, 0.3) is 0 Å². The molecule has 1 unspecified atom stereocenters. The smallest absolute Gasteiger partial charge is 0.0555 e. The highest BCUT2D eigenvalue weighted by Gasteiger charge is 2.10. The van der Waals surface area contributed by atoms with Crippen molar-refractivity contribution in [2.24, 2.45) is 5.41 Å². The number of nitrogens with one attached hydrogen (secondary N) is 1. The third kappa shape index (κ3) is 4.77. The molecule has 0 aliphatic rings. The second kappa shape index (κ2) is 5.54. The van der Waals surface area contributed by atoms with E-state index in [0.29, 0.717) is 0 Å². The molecule has 1 heteroatoms. The Hall–Kier alpha value is -1.16. The van der Waals surface area contributed by atoms with E-state index in [1.807, 2.05) is 6.92 Å². The van der Waals surface area contributed by atoms with Gasteiger partial charge >= 0.3 is 0 Å². The second-order valence-electron chi connectivity index (χ2n) is 4.26. The molecule has 0 aromatic carbocycles. The van der Waals surface area contributed by atoms with Gasteiger partial charge in [-0.15, -0.1) is 0 Å². The summed E-state index contributed by atoms with van der Waals surface area (Å²) < 4.78 is 0. The predicted molar refractivity (Wildman–Crippen MR) is 63.8 cm³/mol. The lowest BCUT2D eigenvalue weighted by molar-refractivity contribution is 0.461. The first kappa shape index (κ1) is 12.8. The summed E-state index contributed by atoms with van der Waals surface area (Å²) >= 11 is 0. The van der Waals surface area contributed by atoms with Crippen LogP contribution in [0.2, 0.25) is 0 Å². The lowest BCUT2D eigenvalue weighted by Gasteiger charge is -2.18. The highest BCUT2D eigenvalue weighted by atomic mass is 14.9. The van der Waals surface area contributed by atoms with Gasteiger partial charge in [0.15, 0.2) is 0 Å². The van der Waals surface area contributed by atoms with E-state index in [1.54, 1.807) is 0 Å². The highest BCUT2D eigenvalue weighted by molar-refractivity contribution is 5.22. The van der Waals surface area contributed by atoms with E-state index in [1.165, 1.54) is 0 Å². The Morgan fingerprint density at radius 3 is 2.64 bits per heavy atom. The first-order valence-electron chi connectivity index (χ1n) is 5.02. The van der Waals surface area contributed by atoms with Crippen molar-refractivity contribution in [1.29, 1.82) is 0 Å². The first-order chi connectivity index (χ1) is 6.43. The van der Waals surface area contributed by atoms with Crippen molar-refractivity contribution in [3.63, 3.8) is 0 Å². The normalized spacial score (nSPS) is 13.6. The number of allylic oxidation sites excluding steroid dienone is 1. The Morgan fingerprint density at radius 1 is 1.64 bits per heavy atom. The van der Waals surface area contributed by atoms with Gasteiger partial charge in [-0.05, 0) is 24.3 Å². The standard InChI is InChI=1S/C13H21N/c1-7-13(5,6)10-9-11(3)12(4)14-8-2/h2,9-10,12,14H,3,7H2,1,4-6H3/b10-9+. The molecule has 0 radical (unpaired) electrons. The number of terminal acetylenes is 1. The third-order valence-corrected chi connectivity index (χ3v) is 2.52. The molecule has 0 fully saturated rings. The molecule has 1 N–H and O–H groups in total. The Kier molecular flexibility index (Phi) is 5.09. The molecule has 0 aliphatic heterocycles. The number of hydrogen-bond donors (Lipinski definition) is 1. The molecule has 1 nitrogen and oxygen atoms in total. The quantitative estimate of drug-likeness (QED) is 0.400. The largest absolute Gasteiger partial charge is 0.339 e. The van der Waals surface area contributed by atoms with Gasteiger partial charge in [0, 0.05) is 6.04 Å². The lowest BCUT2D eigenvalue weighted by atomic mass is 9.89. The maximum atomic E-state index is 5.15. The summed E-state index contributed by atoms with van der Waals surface area (Å²) in [6.45, 7) is 12.6. The molecule has 0 amide bonds. The first-order valence-corrected chi connectivity index (χ1v) is 5.02. The number of rotatable bonds is 5. The maximum absolute atomic E-state index is 5.15. The molecular weight excluding hydrogens is 170 g/mol. The molecule has 1 atom stereocenters. The van der Waals surface area contributed by atoms with Crippen molar-refractivity contribution in [3.05, 3.63) is 24.3 Å². The fraction of sp³-hybridized carbons (Fsp3) is 0.538. The minimum absolute atomic E-state index is 0.143.